The van der Waals surface area contributed by atoms with Gasteiger partial charge in [-0.1, -0.05) is 12.1 Å². The highest BCUT2D eigenvalue weighted by Gasteiger charge is 2.44. The first-order chi connectivity index (χ1) is 8.09. The first-order valence-electron chi connectivity index (χ1n) is 5.85. The fraction of sp³-hybridized carbons (Fsp3) is 0.500. The predicted molar refractivity (Wildman–Crippen MR) is 69.2 cm³/mol. The van der Waals surface area contributed by atoms with E-state index in [-0.39, 0.29) is 6.04 Å². The Morgan fingerprint density at radius 1 is 1.24 bits per heavy atom. The summed E-state index contributed by atoms with van der Waals surface area (Å²) in [5.74, 6) is 0.581. The number of halogens is 1. The number of rotatable bonds is 2. The summed E-state index contributed by atoms with van der Waals surface area (Å²) in [6.45, 7) is 0.703. The van der Waals surface area contributed by atoms with Gasteiger partial charge in [0.05, 0.1) is 4.90 Å². The Balaban J connectivity index is 2.00. The van der Waals surface area contributed by atoms with Crippen LogP contribution in [-0.2, 0) is 10.0 Å². The van der Waals surface area contributed by atoms with Crippen molar-refractivity contribution in [2.24, 2.45) is 5.92 Å². The third-order valence-corrected chi connectivity index (χ3v) is 6.71. The maximum atomic E-state index is 12.5. The third kappa shape index (κ3) is 1.84. The largest absolute Gasteiger partial charge is 0.244 e. The fourth-order valence-electron chi connectivity index (χ4n) is 2.95. The molecule has 0 radical (unpaired) electrons. The monoisotopic (exact) mass is 315 g/mol. The minimum Gasteiger partial charge on any atom is -0.207 e. The topological polar surface area (TPSA) is 37.4 Å². The molecule has 0 aromatic heterocycles. The van der Waals surface area contributed by atoms with Gasteiger partial charge in [-0.15, -0.1) is 0 Å². The van der Waals surface area contributed by atoms with E-state index < -0.39 is 10.0 Å². The lowest BCUT2D eigenvalue weighted by atomic mass is 10.1. The zero-order chi connectivity index (χ0) is 12.0. The van der Waals surface area contributed by atoms with Gasteiger partial charge >= 0.3 is 0 Å². The van der Waals surface area contributed by atoms with E-state index in [1.54, 1.807) is 22.5 Å². The van der Waals surface area contributed by atoms with Crippen LogP contribution in [0.3, 0.4) is 0 Å². The molecule has 2 atom stereocenters. The van der Waals surface area contributed by atoms with E-state index in [0.717, 1.165) is 12.8 Å². The number of hydrogen-bond acceptors (Lipinski definition) is 2. The Labute approximate surface area is 110 Å². The van der Waals surface area contributed by atoms with E-state index >= 15 is 0 Å². The molecule has 92 valence electrons. The van der Waals surface area contributed by atoms with Gasteiger partial charge in [0.25, 0.3) is 0 Å². The Morgan fingerprint density at radius 3 is 2.59 bits per heavy atom. The predicted octanol–water partition coefficient (Wildman–Crippen LogP) is 2.62. The number of benzene rings is 1. The molecule has 2 fully saturated rings. The van der Waals surface area contributed by atoms with E-state index in [1.807, 2.05) is 6.07 Å². The average molecular weight is 316 g/mol. The van der Waals surface area contributed by atoms with Crippen LogP contribution in [-0.4, -0.2) is 25.3 Å². The Bertz CT molecular complexity index is 543. The van der Waals surface area contributed by atoms with Crippen LogP contribution >= 0.6 is 15.9 Å². The van der Waals surface area contributed by atoms with Crippen molar-refractivity contribution in [2.75, 3.05) is 6.54 Å². The van der Waals surface area contributed by atoms with Gasteiger partial charge in [0, 0.05) is 17.1 Å². The highest BCUT2D eigenvalue weighted by molar-refractivity contribution is 9.10. The second-order valence-electron chi connectivity index (χ2n) is 4.84. The quantitative estimate of drug-likeness (QED) is 0.841. The van der Waals surface area contributed by atoms with Crippen molar-refractivity contribution < 1.29 is 8.42 Å². The van der Waals surface area contributed by atoms with Crippen LogP contribution in [0.1, 0.15) is 19.3 Å². The summed E-state index contributed by atoms with van der Waals surface area (Å²) in [7, 11) is -3.31. The molecule has 1 aromatic carbocycles. The van der Waals surface area contributed by atoms with Gasteiger partial charge < -0.3 is 0 Å². The molecular formula is C12H14BrNO2S. The molecule has 17 heavy (non-hydrogen) atoms. The summed E-state index contributed by atoms with van der Waals surface area (Å²) in [6.07, 6.45) is 3.25. The number of hydrogen-bond donors (Lipinski definition) is 0. The molecule has 1 saturated heterocycles. The molecule has 1 saturated carbocycles. The van der Waals surface area contributed by atoms with Crippen LogP contribution in [0, 0.1) is 5.92 Å². The zero-order valence-corrected chi connectivity index (χ0v) is 11.7. The molecule has 2 bridgehead atoms. The molecule has 2 unspecified atom stereocenters. The van der Waals surface area contributed by atoms with Gasteiger partial charge in [0.1, 0.15) is 0 Å². The van der Waals surface area contributed by atoms with E-state index in [9.17, 15) is 8.42 Å². The lowest BCUT2D eigenvalue weighted by Crippen LogP contribution is -2.37. The molecule has 5 heteroatoms. The standard InChI is InChI=1S/C12H14BrNO2S/c13-11-3-1-2-4-12(11)17(15,16)14-8-9-5-6-10(14)7-9/h1-4,9-10H,5-8H2. The SMILES string of the molecule is O=S(=O)(c1ccccc1Br)N1CC2CCC1C2. The maximum Gasteiger partial charge on any atom is 0.244 e. The van der Waals surface area contributed by atoms with Gasteiger partial charge in [-0.25, -0.2) is 8.42 Å². The van der Waals surface area contributed by atoms with E-state index in [1.165, 1.54) is 6.42 Å². The van der Waals surface area contributed by atoms with Crippen molar-refractivity contribution in [2.45, 2.75) is 30.2 Å². The number of fused-ring (bicyclic) bond motifs is 2. The summed E-state index contributed by atoms with van der Waals surface area (Å²) < 4.78 is 27.4. The Hall–Kier alpha value is -0.390. The second-order valence-corrected chi connectivity index (χ2v) is 7.55. The van der Waals surface area contributed by atoms with Crippen molar-refractivity contribution >= 4 is 26.0 Å². The first-order valence-corrected chi connectivity index (χ1v) is 8.09. The van der Waals surface area contributed by atoms with Crippen molar-refractivity contribution in [1.82, 2.24) is 4.31 Å². The zero-order valence-electron chi connectivity index (χ0n) is 9.34. The lowest BCUT2D eigenvalue weighted by Gasteiger charge is -2.26. The van der Waals surface area contributed by atoms with E-state index in [0.29, 0.717) is 21.8 Å². The highest BCUT2D eigenvalue weighted by Crippen LogP contribution is 2.41. The summed E-state index contributed by atoms with van der Waals surface area (Å²) in [4.78, 5) is 0.396. The molecule has 1 aliphatic carbocycles. The number of nitrogens with zero attached hydrogens (tertiary/aromatic N) is 1. The summed E-state index contributed by atoms with van der Waals surface area (Å²) in [6, 6.07) is 7.29. The molecule has 0 N–H and O–H groups in total. The molecule has 3 rings (SSSR count). The highest BCUT2D eigenvalue weighted by atomic mass is 79.9. The summed E-state index contributed by atoms with van der Waals surface area (Å²) in [5.41, 5.74) is 0. The van der Waals surface area contributed by atoms with Gasteiger partial charge in [-0.05, 0) is 53.2 Å². The first kappa shape index (κ1) is 11.7. The fourth-order valence-corrected chi connectivity index (χ4v) is 5.66. The smallest absolute Gasteiger partial charge is 0.207 e. The molecule has 0 amide bonds. The Morgan fingerprint density at radius 2 is 2.00 bits per heavy atom. The maximum absolute atomic E-state index is 12.5. The van der Waals surface area contributed by atoms with E-state index in [2.05, 4.69) is 15.9 Å². The van der Waals surface area contributed by atoms with Crippen molar-refractivity contribution in [3.8, 4) is 0 Å². The third-order valence-electron chi connectivity index (χ3n) is 3.78. The lowest BCUT2D eigenvalue weighted by molar-refractivity contribution is 0.333. The molecule has 0 spiro atoms. The van der Waals surface area contributed by atoms with Crippen LogP contribution in [0.25, 0.3) is 0 Å². The molecular weight excluding hydrogens is 302 g/mol. The molecule has 1 heterocycles. The van der Waals surface area contributed by atoms with Crippen LogP contribution in [0.15, 0.2) is 33.6 Å². The van der Waals surface area contributed by atoms with Crippen LogP contribution in [0.4, 0.5) is 0 Å². The van der Waals surface area contributed by atoms with Crippen molar-refractivity contribution in [1.29, 1.82) is 0 Å². The van der Waals surface area contributed by atoms with Crippen LogP contribution < -0.4 is 0 Å². The van der Waals surface area contributed by atoms with E-state index in [4.69, 9.17) is 0 Å². The normalized spacial score (nSPS) is 28.8. The molecule has 2 aliphatic rings. The molecule has 3 nitrogen and oxygen atoms in total. The van der Waals surface area contributed by atoms with Gasteiger partial charge in [0.2, 0.25) is 10.0 Å². The summed E-state index contributed by atoms with van der Waals surface area (Å²) >= 11 is 3.33. The van der Waals surface area contributed by atoms with Crippen LogP contribution in [0.2, 0.25) is 0 Å². The van der Waals surface area contributed by atoms with Gasteiger partial charge in [0.15, 0.2) is 0 Å². The summed E-state index contributed by atoms with van der Waals surface area (Å²) in [5, 5.41) is 0. The van der Waals surface area contributed by atoms with Crippen molar-refractivity contribution in [3.05, 3.63) is 28.7 Å². The molecule has 1 aliphatic heterocycles. The second kappa shape index (κ2) is 4.07. The van der Waals surface area contributed by atoms with Gasteiger partial charge in [-0.3, -0.25) is 0 Å². The van der Waals surface area contributed by atoms with Gasteiger partial charge in [-0.2, -0.15) is 4.31 Å². The van der Waals surface area contributed by atoms with Crippen molar-refractivity contribution in [3.63, 3.8) is 0 Å². The Kier molecular flexibility index (Phi) is 2.80. The average Bonchev–Trinajstić information content (AvgIpc) is 2.91. The number of sulfonamides is 1. The minimum atomic E-state index is -3.31. The number of piperidine rings is 1. The molecule has 1 aromatic rings. The minimum absolute atomic E-state index is 0.233. The van der Waals surface area contributed by atoms with Crippen LogP contribution in [0.5, 0.6) is 0 Å².